The Kier molecular flexibility index (Phi) is 5.48. The van der Waals surface area contributed by atoms with E-state index in [-0.39, 0.29) is 12.1 Å². The Morgan fingerprint density at radius 2 is 1.95 bits per heavy atom. The minimum Gasteiger partial charge on any atom is -0.298 e. The van der Waals surface area contributed by atoms with Crippen LogP contribution in [0, 0.1) is 17.7 Å². The van der Waals surface area contributed by atoms with Crippen LogP contribution in [-0.2, 0) is 12.7 Å². The number of hydrogen-bond donors (Lipinski definition) is 0. The first-order valence-corrected chi connectivity index (χ1v) is 7.88. The van der Waals surface area contributed by atoms with Gasteiger partial charge in [-0.3, -0.25) is 4.90 Å². The smallest absolute Gasteiger partial charge is 0.298 e. The summed E-state index contributed by atoms with van der Waals surface area (Å²) in [5.41, 5.74) is -1.07. The van der Waals surface area contributed by atoms with Crippen molar-refractivity contribution in [1.29, 1.82) is 0 Å². The van der Waals surface area contributed by atoms with Crippen LogP contribution in [0.3, 0.4) is 0 Å². The molecule has 1 aromatic carbocycles. The van der Waals surface area contributed by atoms with Crippen molar-refractivity contribution in [3.8, 4) is 0 Å². The number of rotatable bonds is 4. The zero-order valence-electron chi connectivity index (χ0n) is 13.1. The van der Waals surface area contributed by atoms with Crippen molar-refractivity contribution in [1.82, 2.24) is 4.90 Å². The molecule has 0 spiro atoms. The molecule has 0 amide bonds. The number of halogens is 4. The number of piperidine rings is 1. The van der Waals surface area contributed by atoms with Crippen LogP contribution in [0.15, 0.2) is 18.2 Å². The summed E-state index contributed by atoms with van der Waals surface area (Å²) in [4.78, 5) is 1.97. The fourth-order valence-corrected chi connectivity index (χ4v) is 3.55. The highest BCUT2D eigenvalue weighted by Crippen LogP contribution is 2.34. The van der Waals surface area contributed by atoms with Crippen molar-refractivity contribution >= 4 is 0 Å². The molecule has 0 N–H and O–H groups in total. The Bertz CT molecular complexity index is 498. The van der Waals surface area contributed by atoms with E-state index in [1.54, 1.807) is 0 Å². The van der Waals surface area contributed by atoms with E-state index < -0.39 is 17.6 Å². The van der Waals surface area contributed by atoms with Gasteiger partial charge in [0.2, 0.25) is 0 Å². The SMILES string of the molecule is CCCC1CC(C)CN(Cc2c(F)cccc2C(F)(F)F)C1. The van der Waals surface area contributed by atoms with Gasteiger partial charge >= 0.3 is 6.18 Å². The average molecular weight is 317 g/mol. The monoisotopic (exact) mass is 317 g/mol. The van der Waals surface area contributed by atoms with E-state index in [1.165, 1.54) is 0 Å². The maximum Gasteiger partial charge on any atom is 0.416 e. The van der Waals surface area contributed by atoms with Crippen LogP contribution in [-0.4, -0.2) is 18.0 Å². The zero-order valence-corrected chi connectivity index (χ0v) is 13.1. The predicted octanol–water partition coefficient (Wildman–Crippen LogP) is 5.10. The Morgan fingerprint density at radius 3 is 2.59 bits per heavy atom. The molecule has 0 aromatic heterocycles. The van der Waals surface area contributed by atoms with Gasteiger partial charge in [0.15, 0.2) is 0 Å². The Hall–Kier alpha value is -1.10. The lowest BCUT2D eigenvalue weighted by Crippen LogP contribution is -2.39. The van der Waals surface area contributed by atoms with Gasteiger partial charge in [-0.15, -0.1) is 0 Å². The van der Waals surface area contributed by atoms with Crippen LogP contribution >= 0.6 is 0 Å². The van der Waals surface area contributed by atoms with Crippen LogP contribution in [0.2, 0.25) is 0 Å². The molecule has 2 atom stereocenters. The second-order valence-electron chi connectivity index (χ2n) is 6.45. The van der Waals surface area contributed by atoms with Crippen molar-refractivity contribution in [2.75, 3.05) is 13.1 Å². The average Bonchev–Trinajstić information content (AvgIpc) is 2.39. The lowest BCUT2D eigenvalue weighted by atomic mass is 9.87. The fraction of sp³-hybridized carbons (Fsp3) is 0.647. The van der Waals surface area contributed by atoms with Gasteiger partial charge in [0.1, 0.15) is 5.82 Å². The largest absolute Gasteiger partial charge is 0.416 e. The molecule has 1 nitrogen and oxygen atoms in total. The normalized spacial score (nSPS) is 23.7. The summed E-state index contributed by atoms with van der Waals surface area (Å²) < 4.78 is 53.2. The Balaban J connectivity index is 2.19. The quantitative estimate of drug-likeness (QED) is 0.698. The first-order chi connectivity index (χ1) is 10.3. The van der Waals surface area contributed by atoms with Crippen LogP contribution in [0.1, 0.15) is 44.2 Å². The molecule has 1 aliphatic heterocycles. The van der Waals surface area contributed by atoms with E-state index in [9.17, 15) is 17.6 Å². The number of alkyl halides is 3. The number of likely N-dealkylation sites (tertiary alicyclic amines) is 1. The first kappa shape index (κ1) is 17.3. The van der Waals surface area contributed by atoms with E-state index in [0.29, 0.717) is 11.8 Å². The summed E-state index contributed by atoms with van der Waals surface area (Å²) in [5, 5.41) is 0. The van der Waals surface area contributed by atoms with Gasteiger partial charge in [-0.25, -0.2) is 4.39 Å². The first-order valence-electron chi connectivity index (χ1n) is 7.88. The third kappa shape index (κ3) is 4.22. The lowest BCUT2D eigenvalue weighted by Gasteiger charge is -2.37. The van der Waals surface area contributed by atoms with Crippen molar-refractivity contribution < 1.29 is 17.6 Å². The zero-order chi connectivity index (χ0) is 16.3. The van der Waals surface area contributed by atoms with Crippen molar-refractivity contribution in [2.45, 2.75) is 45.8 Å². The molecule has 2 unspecified atom stereocenters. The standard InChI is InChI=1S/C17H23F4N/c1-3-5-13-8-12(2)9-22(10-13)11-14-15(17(19,20)21)6-4-7-16(14)18/h4,6-7,12-13H,3,5,8-11H2,1-2H3. The number of benzene rings is 1. The summed E-state index contributed by atoms with van der Waals surface area (Å²) >= 11 is 0. The molecule has 5 heteroatoms. The van der Waals surface area contributed by atoms with Crippen molar-refractivity contribution in [3.63, 3.8) is 0 Å². The molecule has 0 bridgehead atoms. The molecule has 1 saturated heterocycles. The fourth-order valence-electron chi connectivity index (χ4n) is 3.55. The Morgan fingerprint density at radius 1 is 1.23 bits per heavy atom. The molecule has 124 valence electrons. The molecular weight excluding hydrogens is 294 g/mol. The molecule has 22 heavy (non-hydrogen) atoms. The summed E-state index contributed by atoms with van der Waals surface area (Å²) in [6.45, 7) is 5.74. The van der Waals surface area contributed by atoms with Gasteiger partial charge in [-0.1, -0.05) is 26.3 Å². The lowest BCUT2D eigenvalue weighted by molar-refractivity contribution is -0.138. The van der Waals surface area contributed by atoms with Gasteiger partial charge in [-0.2, -0.15) is 13.2 Å². The van der Waals surface area contributed by atoms with Crippen LogP contribution < -0.4 is 0 Å². The summed E-state index contributed by atoms with van der Waals surface area (Å²) in [5.74, 6) is 0.168. The number of nitrogens with zero attached hydrogens (tertiary/aromatic N) is 1. The van der Waals surface area contributed by atoms with E-state index >= 15 is 0 Å². The van der Waals surface area contributed by atoms with Crippen molar-refractivity contribution in [3.05, 3.63) is 35.1 Å². The summed E-state index contributed by atoms with van der Waals surface area (Å²) in [7, 11) is 0. The molecule has 1 aromatic rings. The summed E-state index contributed by atoms with van der Waals surface area (Å²) in [6.07, 6.45) is -1.27. The molecule has 1 fully saturated rings. The maximum absolute atomic E-state index is 14.0. The van der Waals surface area contributed by atoms with E-state index in [0.717, 1.165) is 50.6 Å². The predicted molar refractivity (Wildman–Crippen MR) is 78.9 cm³/mol. The molecule has 1 heterocycles. The molecule has 2 rings (SSSR count). The van der Waals surface area contributed by atoms with Crippen LogP contribution in [0.25, 0.3) is 0 Å². The van der Waals surface area contributed by atoms with Crippen LogP contribution in [0.4, 0.5) is 17.6 Å². The highest BCUT2D eigenvalue weighted by atomic mass is 19.4. The maximum atomic E-state index is 14.0. The van der Waals surface area contributed by atoms with Gasteiger partial charge in [0.05, 0.1) is 5.56 Å². The highest BCUT2D eigenvalue weighted by molar-refractivity contribution is 5.31. The van der Waals surface area contributed by atoms with Gasteiger partial charge in [-0.05, 0) is 36.8 Å². The minimum absolute atomic E-state index is 0.0338. The van der Waals surface area contributed by atoms with E-state index in [4.69, 9.17) is 0 Å². The summed E-state index contributed by atoms with van der Waals surface area (Å²) in [6, 6.07) is 3.21. The highest BCUT2D eigenvalue weighted by Gasteiger charge is 2.35. The molecule has 0 radical (unpaired) electrons. The Labute approximate surface area is 129 Å². The molecule has 0 saturated carbocycles. The minimum atomic E-state index is -4.51. The second kappa shape index (κ2) is 6.99. The molecule has 1 aliphatic rings. The van der Waals surface area contributed by atoms with Crippen LogP contribution in [0.5, 0.6) is 0 Å². The third-order valence-corrected chi connectivity index (χ3v) is 4.32. The number of hydrogen-bond acceptors (Lipinski definition) is 1. The van der Waals surface area contributed by atoms with E-state index in [1.807, 2.05) is 4.90 Å². The van der Waals surface area contributed by atoms with Crippen molar-refractivity contribution in [2.24, 2.45) is 11.8 Å². The molecule has 0 aliphatic carbocycles. The topological polar surface area (TPSA) is 3.24 Å². The molecular formula is C17H23F4N. The van der Waals surface area contributed by atoms with Gasteiger partial charge in [0.25, 0.3) is 0 Å². The third-order valence-electron chi connectivity index (χ3n) is 4.32. The van der Waals surface area contributed by atoms with Gasteiger partial charge < -0.3 is 0 Å². The second-order valence-corrected chi connectivity index (χ2v) is 6.45. The van der Waals surface area contributed by atoms with Gasteiger partial charge in [0, 0.05) is 25.2 Å². The van der Waals surface area contributed by atoms with E-state index in [2.05, 4.69) is 13.8 Å².